The molecule has 0 saturated carbocycles. The van der Waals surface area contributed by atoms with Crippen molar-refractivity contribution in [2.45, 2.75) is 46.8 Å². The molecule has 0 spiro atoms. The van der Waals surface area contributed by atoms with Gasteiger partial charge in [-0.25, -0.2) is 14.6 Å². The van der Waals surface area contributed by atoms with Gasteiger partial charge in [0.25, 0.3) is 0 Å². The van der Waals surface area contributed by atoms with E-state index in [0.717, 1.165) is 45.6 Å². The Morgan fingerprint density at radius 2 is 1.97 bits per heavy atom. The maximum absolute atomic E-state index is 11.7. The minimum atomic E-state index is -0.276. The van der Waals surface area contributed by atoms with E-state index >= 15 is 0 Å². The Morgan fingerprint density at radius 3 is 2.74 bits per heavy atom. The number of rotatable bonds is 6. The number of aromatic nitrogens is 7. The van der Waals surface area contributed by atoms with Crippen molar-refractivity contribution in [2.24, 2.45) is 5.92 Å². The van der Waals surface area contributed by atoms with Gasteiger partial charge in [-0.3, -0.25) is 9.48 Å². The Hall–Kier alpha value is -3.95. The van der Waals surface area contributed by atoms with Crippen LogP contribution in [0.5, 0.6) is 5.75 Å². The van der Waals surface area contributed by atoms with Crippen molar-refractivity contribution in [3.8, 4) is 39.8 Å². The topological polar surface area (TPSA) is 102 Å². The van der Waals surface area contributed by atoms with Gasteiger partial charge in [0, 0.05) is 24.0 Å². The summed E-state index contributed by atoms with van der Waals surface area (Å²) in [5.74, 6) is 2.59. The lowest BCUT2D eigenvalue weighted by Crippen LogP contribution is -2.18. The zero-order valence-corrected chi connectivity index (χ0v) is 20.6. The zero-order valence-electron chi connectivity index (χ0n) is 20.6. The zero-order chi connectivity index (χ0) is 24.7. The van der Waals surface area contributed by atoms with Gasteiger partial charge in [-0.1, -0.05) is 13.0 Å². The van der Waals surface area contributed by atoms with E-state index in [1.807, 2.05) is 49.1 Å². The van der Waals surface area contributed by atoms with Gasteiger partial charge >= 0.3 is 5.97 Å². The lowest BCUT2D eigenvalue weighted by atomic mass is 10.1. The predicted octanol–water partition coefficient (Wildman–Crippen LogP) is 3.76. The van der Waals surface area contributed by atoms with Gasteiger partial charge in [0.1, 0.15) is 29.7 Å². The highest BCUT2D eigenvalue weighted by atomic mass is 16.5. The van der Waals surface area contributed by atoms with Crippen molar-refractivity contribution in [1.29, 1.82) is 0 Å². The Morgan fingerprint density at radius 1 is 1.14 bits per heavy atom. The number of benzene rings is 1. The van der Waals surface area contributed by atoms with Crippen molar-refractivity contribution in [3.63, 3.8) is 0 Å². The van der Waals surface area contributed by atoms with Crippen LogP contribution in [-0.4, -0.2) is 53.8 Å². The van der Waals surface area contributed by atoms with Gasteiger partial charge in [0.15, 0.2) is 5.82 Å². The van der Waals surface area contributed by atoms with Gasteiger partial charge in [0.05, 0.1) is 37.9 Å². The Labute approximate surface area is 203 Å². The number of nitrogens with zero attached hydrogens (tertiary/aromatic N) is 7. The highest BCUT2D eigenvalue weighted by molar-refractivity contribution is 5.75. The number of esters is 1. The molecular weight excluding hydrogens is 446 g/mol. The number of hydrogen-bond donors (Lipinski definition) is 0. The van der Waals surface area contributed by atoms with Crippen LogP contribution >= 0.6 is 0 Å². The number of imidazole rings is 1. The molecule has 182 valence electrons. The van der Waals surface area contributed by atoms with Crippen molar-refractivity contribution in [3.05, 3.63) is 42.6 Å². The van der Waals surface area contributed by atoms with Gasteiger partial charge in [-0.15, -0.1) is 0 Å². The number of fused-ring (bicyclic) bond motifs is 3. The van der Waals surface area contributed by atoms with Crippen LogP contribution in [-0.2, 0) is 22.6 Å². The smallest absolute Gasteiger partial charge is 0.310 e. The molecule has 5 rings (SSSR count). The fraction of sp³-hybridized carbons (Fsp3) is 0.400. The van der Waals surface area contributed by atoms with E-state index in [4.69, 9.17) is 14.5 Å². The van der Waals surface area contributed by atoms with Crippen LogP contribution in [0.3, 0.4) is 0 Å². The summed E-state index contributed by atoms with van der Waals surface area (Å²) in [5, 5.41) is 8.95. The summed E-state index contributed by atoms with van der Waals surface area (Å²) in [6.07, 6.45) is 5.75. The Balaban J connectivity index is 1.46. The molecule has 1 atom stereocenters. The molecule has 0 N–H and O–H groups in total. The van der Waals surface area contributed by atoms with E-state index in [1.54, 1.807) is 10.9 Å². The summed E-state index contributed by atoms with van der Waals surface area (Å²) in [6, 6.07) is 6.27. The molecule has 3 aromatic heterocycles. The number of hydrogen-bond acceptors (Lipinski definition) is 7. The van der Waals surface area contributed by atoms with Crippen LogP contribution in [0.15, 0.2) is 36.8 Å². The first-order valence-electron chi connectivity index (χ1n) is 11.7. The quantitative estimate of drug-likeness (QED) is 0.391. The van der Waals surface area contributed by atoms with Gasteiger partial charge in [-0.2, -0.15) is 10.2 Å². The van der Waals surface area contributed by atoms with Crippen molar-refractivity contribution < 1.29 is 14.3 Å². The molecule has 1 aromatic carbocycles. The summed E-state index contributed by atoms with van der Waals surface area (Å²) >= 11 is 0. The van der Waals surface area contributed by atoms with Crippen LogP contribution in [0, 0.1) is 12.8 Å². The Bertz CT molecular complexity index is 1380. The first-order chi connectivity index (χ1) is 16.8. The lowest BCUT2D eigenvalue weighted by Gasteiger charge is -2.09. The van der Waals surface area contributed by atoms with Crippen molar-refractivity contribution >= 4 is 5.97 Å². The molecule has 4 heterocycles. The third-order valence-corrected chi connectivity index (χ3v) is 6.08. The number of carbonyl (C=O) groups is 1. The van der Waals surface area contributed by atoms with Crippen LogP contribution in [0.25, 0.3) is 34.0 Å². The molecule has 1 aliphatic rings. The fourth-order valence-electron chi connectivity index (χ4n) is 4.30. The number of carbonyl (C=O) groups excluding carboxylic acids is 1. The van der Waals surface area contributed by atoms with E-state index in [2.05, 4.69) is 33.6 Å². The highest BCUT2D eigenvalue weighted by Gasteiger charge is 2.23. The standard InChI is InChI=1S/C25H29N7O3/c1-15(2)32-24(27-17(4)29-32)21-14-30-8-9-35-22-10-18(6-7-20(22)23(30)28-21)19-11-26-31(13-19)12-16(3)25(33)34-5/h6-7,10-11,13-16H,8-9,12H2,1-5H3. The van der Waals surface area contributed by atoms with E-state index in [0.29, 0.717) is 19.7 Å². The lowest BCUT2D eigenvalue weighted by molar-refractivity contribution is -0.145. The molecule has 0 fully saturated rings. The van der Waals surface area contributed by atoms with Crippen LogP contribution in [0.4, 0.5) is 0 Å². The molecule has 0 radical (unpaired) electrons. The second kappa shape index (κ2) is 9.01. The predicted molar refractivity (Wildman–Crippen MR) is 130 cm³/mol. The number of methoxy groups -OCH3 is 1. The summed E-state index contributed by atoms with van der Waals surface area (Å²) in [4.78, 5) is 21.3. The van der Waals surface area contributed by atoms with Crippen LogP contribution < -0.4 is 4.74 Å². The highest BCUT2D eigenvalue weighted by Crippen LogP contribution is 2.37. The van der Waals surface area contributed by atoms with Gasteiger partial charge < -0.3 is 14.0 Å². The first-order valence-corrected chi connectivity index (χ1v) is 11.7. The third kappa shape index (κ3) is 4.31. The van der Waals surface area contributed by atoms with E-state index in [-0.39, 0.29) is 17.9 Å². The molecule has 4 aromatic rings. The monoisotopic (exact) mass is 475 g/mol. The molecule has 10 nitrogen and oxygen atoms in total. The second-order valence-corrected chi connectivity index (χ2v) is 9.10. The van der Waals surface area contributed by atoms with Gasteiger partial charge in [-0.05, 0) is 38.5 Å². The first kappa shape index (κ1) is 22.8. The summed E-state index contributed by atoms with van der Waals surface area (Å²) in [6.45, 7) is 9.56. The summed E-state index contributed by atoms with van der Waals surface area (Å²) < 4.78 is 16.7. The van der Waals surface area contributed by atoms with E-state index in [9.17, 15) is 4.79 Å². The molecule has 0 aliphatic carbocycles. The molecule has 1 aliphatic heterocycles. The Kier molecular flexibility index (Phi) is 5.88. The van der Waals surface area contributed by atoms with Gasteiger partial charge in [0.2, 0.25) is 0 Å². The molecule has 35 heavy (non-hydrogen) atoms. The van der Waals surface area contributed by atoms with E-state index < -0.39 is 0 Å². The number of ether oxygens (including phenoxy) is 2. The average Bonchev–Trinajstić information content (AvgIpc) is 3.55. The second-order valence-electron chi connectivity index (χ2n) is 9.10. The maximum Gasteiger partial charge on any atom is 0.310 e. The average molecular weight is 476 g/mol. The summed E-state index contributed by atoms with van der Waals surface area (Å²) in [7, 11) is 1.40. The van der Waals surface area contributed by atoms with Crippen molar-refractivity contribution in [1.82, 2.24) is 34.1 Å². The molecule has 0 amide bonds. The molecule has 10 heteroatoms. The molecule has 1 unspecified atom stereocenters. The normalized spacial score (nSPS) is 13.7. The molecule has 0 bridgehead atoms. The SMILES string of the molecule is COC(=O)C(C)Cn1cc(-c2ccc3c(c2)OCCn2cc(-c4nc(C)nn4C(C)C)nc2-3)cn1. The molecular formula is C25H29N7O3. The third-order valence-electron chi connectivity index (χ3n) is 6.08. The minimum absolute atomic E-state index is 0.183. The van der Waals surface area contributed by atoms with Crippen LogP contribution in [0.2, 0.25) is 0 Å². The van der Waals surface area contributed by atoms with Crippen LogP contribution in [0.1, 0.15) is 32.6 Å². The number of aryl methyl sites for hydroxylation is 1. The largest absolute Gasteiger partial charge is 0.491 e. The fourth-order valence-corrected chi connectivity index (χ4v) is 4.30. The maximum atomic E-state index is 11.7. The van der Waals surface area contributed by atoms with E-state index in [1.165, 1.54) is 7.11 Å². The van der Waals surface area contributed by atoms with Crippen molar-refractivity contribution in [2.75, 3.05) is 13.7 Å². The minimum Gasteiger partial charge on any atom is -0.491 e. The molecule has 0 saturated heterocycles. The summed E-state index contributed by atoms with van der Waals surface area (Å²) in [5.41, 5.74) is 3.65.